The fourth-order valence-corrected chi connectivity index (χ4v) is 4.58. The van der Waals surface area contributed by atoms with E-state index in [1.807, 2.05) is 12.1 Å². The molecule has 25 heavy (non-hydrogen) atoms. The van der Waals surface area contributed by atoms with Crippen LogP contribution in [0.2, 0.25) is 10.0 Å². The summed E-state index contributed by atoms with van der Waals surface area (Å²) in [5.74, 6) is 0.539. The van der Waals surface area contributed by atoms with Crippen molar-refractivity contribution in [1.82, 2.24) is 10.2 Å². The largest absolute Gasteiger partial charge is 0.381 e. The first-order valence-electron chi connectivity index (χ1n) is 9.01. The van der Waals surface area contributed by atoms with Crippen LogP contribution in [0.3, 0.4) is 0 Å². The van der Waals surface area contributed by atoms with E-state index in [4.69, 9.17) is 27.9 Å². The van der Waals surface area contributed by atoms with Gasteiger partial charge < -0.3 is 15.0 Å². The highest BCUT2D eigenvalue weighted by Crippen LogP contribution is 2.35. The Kier molecular flexibility index (Phi) is 6.26. The van der Waals surface area contributed by atoms with Crippen LogP contribution in [0.25, 0.3) is 0 Å². The van der Waals surface area contributed by atoms with Crippen LogP contribution in [-0.4, -0.2) is 44.2 Å². The highest BCUT2D eigenvalue weighted by Gasteiger charge is 2.37. The molecule has 0 spiro atoms. The van der Waals surface area contributed by atoms with E-state index < -0.39 is 5.54 Å². The van der Waals surface area contributed by atoms with Crippen LogP contribution in [0.1, 0.15) is 37.7 Å². The van der Waals surface area contributed by atoms with Gasteiger partial charge >= 0.3 is 0 Å². The summed E-state index contributed by atoms with van der Waals surface area (Å²) in [4.78, 5) is 15.1. The maximum Gasteiger partial charge on any atom is 0.221 e. The van der Waals surface area contributed by atoms with Gasteiger partial charge in [0.05, 0.1) is 5.54 Å². The standard InChI is InChI=1S/C19H26Cl2N2O2/c1-23-6-2-3-14(13-23)9-18(24)22-19(4-7-25-8-5-19)15-10-16(20)12-17(21)11-15/h10-12,14H,2-9,13H2,1H3,(H,22,24). The number of rotatable bonds is 4. The first-order chi connectivity index (χ1) is 12.0. The number of carbonyl (C=O) groups is 1. The summed E-state index contributed by atoms with van der Waals surface area (Å²) in [5.41, 5.74) is 0.534. The van der Waals surface area contributed by atoms with E-state index in [-0.39, 0.29) is 5.91 Å². The molecule has 1 amide bonds. The number of likely N-dealkylation sites (tertiary alicyclic amines) is 1. The molecule has 1 atom stereocenters. The SMILES string of the molecule is CN1CCCC(CC(=O)NC2(c3cc(Cl)cc(Cl)c3)CCOCC2)C1. The Hall–Kier alpha value is -0.810. The number of piperidine rings is 1. The zero-order chi connectivity index (χ0) is 17.9. The molecule has 0 saturated carbocycles. The van der Waals surface area contributed by atoms with E-state index in [1.165, 1.54) is 0 Å². The number of nitrogens with one attached hydrogen (secondary N) is 1. The summed E-state index contributed by atoms with van der Waals surface area (Å²) in [5, 5.41) is 4.50. The van der Waals surface area contributed by atoms with Gasteiger partial charge in [-0.1, -0.05) is 23.2 Å². The van der Waals surface area contributed by atoms with E-state index in [0.717, 1.165) is 44.3 Å². The van der Waals surface area contributed by atoms with E-state index in [0.29, 0.717) is 35.6 Å². The average Bonchev–Trinajstić information content (AvgIpc) is 2.54. The van der Waals surface area contributed by atoms with Crippen LogP contribution in [0, 0.1) is 5.92 Å². The molecular formula is C19H26Cl2N2O2. The van der Waals surface area contributed by atoms with Gasteiger partial charge in [0.15, 0.2) is 0 Å². The lowest BCUT2D eigenvalue weighted by molar-refractivity contribution is -0.125. The van der Waals surface area contributed by atoms with Gasteiger partial charge in [-0.25, -0.2) is 0 Å². The minimum Gasteiger partial charge on any atom is -0.381 e. The molecule has 2 saturated heterocycles. The average molecular weight is 385 g/mol. The number of hydrogen-bond donors (Lipinski definition) is 1. The third-order valence-corrected chi connectivity index (χ3v) is 5.77. The summed E-state index contributed by atoms with van der Waals surface area (Å²) in [6.07, 6.45) is 4.33. The Bertz CT molecular complexity index is 597. The van der Waals surface area contributed by atoms with Crippen LogP contribution < -0.4 is 5.32 Å². The second kappa shape index (κ2) is 8.26. The topological polar surface area (TPSA) is 41.6 Å². The Morgan fingerprint density at radius 2 is 1.96 bits per heavy atom. The first-order valence-corrected chi connectivity index (χ1v) is 9.76. The lowest BCUT2D eigenvalue weighted by Crippen LogP contribution is -2.50. The van der Waals surface area contributed by atoms with Gasteiger partial charge in [-0.05, 0) is 69.0 Å². The maximum absolute atomic E-state index is 12.8. The molecule has 1 aromatic carbocycles. The molecule has 1 aromatic rings. The smallest absolute Gasteiger partial charge is 0.221 e. The van der Waals surface area contributed by atoms with Crippen molar-refractivity contribution in [3.05, 3.63) is 33.8 Å². The monoisotopic (exact) mass is 384 g/mol. The van der Waals surface area contributed by atoms with Crippen molar-refractivity contribution < 1.29 is 9.53 Å². The summed E-state index contributed by atoms with van der Waals surface area (Å²) >= 11 is 12.4. The lowest BCUT2D eigenvalue weighted by Gasteiger charge is -2.39. The second-order valence-corrected chi connectivity index (χ2v) is 8.25. The number of carbonyl (C=O) groups excluding carboxylic acids is 1. The Labute approximate surface area is 159 Å². The molecule has 0 bridgehead atoms. The maximum atomic E-state index is 12.8. The molecule has 4 nitrogen and oxygen atoms in total. The van der Waals surface area contributed by atoms with E-state index in [2.05, 4.69) is 17.3 Å². The molecule has 2 aliphatic heterocycles. The molecule has 2 aliphatic rings. The molecule has 0 aromatic heterocycles. The van der Waals surface area contributed by atoms with Gasteiger partial charge in [0.25, 0.3) is 0 Å². The predicted molar refractivity (Wildman–Crippen MR) is 101 cm³/mol. The van der Waals surface area contributed by atoms with E-state index >= 15 is 0 Å². The molecule has 0 aliphatic carbocycles. The zero-order valence-electron chi connectivity index (χ0n) is 14.7. The number of halogens is 2. The fourth-order valence-electron chi connectivity index (χ4n) is 4.06. The van der Waals surface area contributed by atoms with E-state index in [9.17, 15) is 4.79 Å². The highest BCUT2D eigenvalue weighted by atomic mass is 35.5. The third kappa shape index (κ3) is 4.88. The summed E-state index contributed by atoms with van der Waals surface area (Å²) in [6, 6.07) is 5.54. The number of benzene rings is 1. The summed E-state index contributed by atoms with van der Waals surface area (Å²) < 4.78 is 5.53. The Balaban J connectivity index is 1.75. The second-order valence-electron chi connectivity index (χ2n) is 7.38. The molecule has 2 fully saturated rings. The van der Waals surface area contributed by atoms with Gasteiger partial charge in [0.1, 0.15) is 0 Å². The molecular weight excluding hydrogens is 359 g/mol. The lowest BCUT2D eigenvalue weighted by atomic mass is 9.82. The summed E-state index contributed by atoms with van der Waals surface area (Å²) in [6.45, 7) is 3.36. The first kappa shape index (κ1) is 19.0. The fraction of sp³-hybridized carbons (Fsp3) is 0.632. The molecule has 1 unspecified atom stereocenters. The number of amides is 1. The Morgan fingerprint density at radius 3 is 2.60 bits per heavy atom. The van der Waals surface area contributed by atoms with Gasteiger partial charge in [0.2, 0.25) is 5.91 Å². The summed E-state index contributed by atoms with van der Waals surface area (Å²) in [7, 11) is 2.12. The van der Waals surface area contributed by atoms with Gasteiger partial charge in [-0.3, -0.25) is 4.79 Å². The predicted octanol–water partition coefficient (Wildman–Crippen LogP) is 3.85. The van der Waals surface area contributed by atoms with Crippen molar-refractivity contribution in [3.63, 3.8) is 0 Å². The van der Waals surface area contributed by atoms with Crippen molar-refractivity contribution in [3.8, 4) is 0 Å². The van der Waals surface area contributed by atoms with Crippen molar-refractivity contribution >= 4 is 29.1 Å². The normalized spacial score (nSPS) is 24.0. The number of nitrogens with zero attached hydrogens (tertiary/aromatic N) is 1. The van der Waals surface area contributed by atoms with Gasteiger partial charge in [-0.2, -0.15) is 0 Å². The van der Waals surface area contributed by atoms with Crippen molar-refractivity contribution in [2.75, 3.05) is 33.4 Å². The van der Waals surface area contributed by atoms with Gasteiger partial charge in [-0.15, -0.1) is 0 Å². The number of hydrogen-bond acceptors (Lipinski definition) is 3. The van der Waals surface area contributed by atoms with Crippen LogP contribution >= 0.6 is 23.2 Å². The third-order valence-electron chi connectivity index (χ3n) is 5.34. The van der Waals surface area contributed by atoms with Crippen LogP contribution in [-0.2, 0) is 15.1 Å². The van der Waals surface area contributed by atoms with Crippen molar-refractivity contribution in [1.29, 1.82) is 0 Å². The van der Waals surface area contributed by atoms with Crippen LogP contribution in [0.15, 0.2) is 18.2 Å². The molecule has 138 valence electrons. The van der Waals surface area contributed by atoms with Crippen LogP contribution in [0.4, 0.5) is 0 Å². The molecule has 6 heteroatoms. The van der Waals surface area contributed by atoms with Gasteiger partial charge in [0, 0.05) is 36.2 Å². The van der Waals surface area contributed by atoms with Crippen molar-refractivity contribution in [2.45, 2.75) is 37.6 Å². The number of ether oxygens (including phenoxy) is 1. The van der Waals surface area contributed by atoms with E-state index in [1.54, 1.807) is 6.07 Å². The molecule has 3 rings (SSSR count). The quantitative estimate of drug-likeness (QED) is 0.856. The zero-order valence-corrected chi connectivity index (χ0v) is 16.2. The minimum atomic E-state index is -0.440. The molecule has 2 heterocycles. The van der Waals surface area contributed by atoms with Crippen LogP contribution in [0.5, 0.6) is 0 Å². The van der Waals surface area contributed by atoms with Crippen molar-refractivity contribution in [2.24, 2.45) is 5.92 Å². The highest BCUT2D eigenvalue weighted by molar-refractivity contribution is 6.34. The molecule has 0 radical (unpaired) electrons. The Morgan fingerprint density at radius 1 is 1.28 bits per heavy atom. The molecule has 1 N–H and O–H groups in total. The minimum absolute atomic E-state index is 0.110.